The van der Waals surface area contributed by atoms with Gasteiger partial charge < -0.3 is 4.74 Å². The summed E-state index contributed by atoms with van der Waals surface area (Å²) in [5, 5.41) is 4.17. The van der Waals surface area contributed by atoms with Gasteiger partial charge in [0.05, 0.1) is 12.8 Å². The molecule has 56 valence electrons. The molecule has 0 spiro atoms. The third-order valence-corrected chi connectivity index (χ3v) is 1.65. The lowest BCUT2D eigenvalue weighted by Gasteiger charge is -1.97. The zero-order valence-corrected chi connectivity index (χ0v) is 6.80. The molecule has 0 unspecified atom stereocenters. The van der Waals surface area contributed by atoms with Crippen molar-refractivity contribution in [2.75, 3.05) is 7.11 Å². The minimum absolute atomic E-state index is 0.891. The summed E-state index contributed by atoms with van der Waals surface area (Å²) in [6.07, 6.45) is 0. The summed E-state index contributed by atoms with van der Waals surface area (Å²) >= 11 is 0. The first-order valence-electron chi connectivity index (χ1n) is 3.21. The van der Waals surface area contributed by atoms with Crippen LogP contribution in [0.1, 0.15) is 11.4 Å². The molecule has 1 rings (SSSR count). The van der Waals surface area contributed by atoms with Crippen LogP contribution in [0.25, 0.3) is 0 Å². The van der Waals surface area contributed by atoms with Crippen LogP contribution in [0.3, 0.4) is 0 Å². The summed E-state index contributed by atoms with van der Waals surface area (Å²) in [5.74, 6) is 0.891. The summed E-state index contributed by atoms with van der Waals surface area (Å²) < 4.78 is 6.93. The van der Waals surface area contributed by atoms with Gasteiger partial charge in [-0.1, -0.05) is 0 Å². The zero-order valence-electron chi connectivity index (χ0n) is 6.80. The van der Waals surface area contributed by atoms with Crippen LogP contribution in [0, 0.1) is 13.8 Å². The Labute approximate surface area is 60.6 Å². The lowest BCUT2D eigenvalue weighted by atomic mass is 10.3. The Morgan fingerprint density at radius 1 is 1.40 bits per heavy atom. The minimum atomic E-state index is 0.891. The first-order valence-corrected chi connectivity index (χ1v) is 3.21. The third kappa shape index (κ3) is 0.875. The lowest BCUT2D eigenvalue weighted by Crippen LogP contribution is -1.92. The van der Waals surface area contributed by atoms with Crippen LogP contribution >= 0.6 is 0 Å². The summed E-state index contributed by atoms with van der Waals surface area (Å²) in [7, 11) is 3.57. The number of aryl methyl sites for hydroxylation is 2. The standard InChI is InChI=1S/C7H12N2O/c1-5-7(10-4)6(2)9(3)8-5/h1-4H3. The number of aromatic nitrogens is 2. The second kappa shape index (κ2) is 2.33. The smallest absolute Gasteiger partial charge is 0.162 e. The van der Waals surface area contributed by atoms with E-state index < -0.39 is 0 Å². The second-order valence-electron chi connectivity index (χ2n) is 2.33. The Bertz CT molecular complexity index is 240. The number of rotatable bonds is 1. The van der Waals surface area contributed by atoms with Crippen LogP contribution in [-0.4, -0.2) is 16.9 Å². The number of hydrogen-bond donors (Lipinski definition) is 0. The molecule has 1 aromatic rings. The highest BCUT2D eigenvalue weighted by atomic mass is 16.5. The van der Waals surface area contributed by atoms with Crippen molar-refractivity contribution in [1.29, 1.82) is 0 Å². The molecule has 1 aromatic heterocycles. The van der Waals surface area contributed by atoms with Crippen molar-refractivity contribution < 1.29 is 4.74 Å². The molecule has 3 nitrogen and oxygen atoms in total. The summed E-state index contributed by atoms with van der Waals surface area (Å²) in [6, 6.07) is 0. The van der Waals surface area contributed by atoms with Crippen LogP contribution in [-0.2, 0) is 7.05 Å². The molecular formula is C7H12N2O. The van der Waals surface area contributed by atoms with Gasteiger partial charge in [-0.3, -0.25) is 4.68 Å². The van der Waals surface area contributed by atoms with Gasteiger partial charge in [-0.2, -0.15) is 5.10 Å². The highest BCUT2D eigenvalue weighted by Gasteiger charge is 2.07. The van der Waals surface area contributed by atoms with Crippen molar-refractivity contribution in [3.05, 3.63) is 11.4 Å². The Morgan fingerprint density at radius 2 is 2.00 bits per heavy atom. The Kier molecular flexibility index (Phi) is 1.66. The maximum Gasteiger partial charge on any atom is 0.162 e. The first-order chi connectivity index (χ1) is 4.66. The van der Waals surface area contributed by atoms with Crippen LogP contribution in [0.5, 0.6) is 5.75 Å². The van der Waals surface area contributed by atoms with E-state index >= 15 is 0 Å². The molecule has 0 N–H and O–H groups in total. The summed E-state index contributed by atoms with van der Waals surface area (Å²) in [4.78, 5) is 0. The van der Waals surface area contributed by atoms with Crippen LogP contribution < -0.4 is 4.74 Å². The zero-order chi connectivity index (χ0) is 7.72. The largest absolute Gasteiger partial charge is 0.493 e. The molecular weight excluding hydrogens is 128 g/mol. The fraction of sp³-hybridized carbons (Fsp3) is 0.571. The fourth-order valence-electron chi connectivity index (χ4n) is 1.05. The van der Waals surface area contributed by atoms with Gasteiger partial charge >= 0.3 is 0 Å². The SMILES string of the molecule is COc1c(C)nn(C)c1C. The predicted molar refractivity (Wildman–Crippen MR) is 39.2 cm³/mol. The van der Waals surface area contributed by atoms with Gasteiger partial charge in [-0.05, 0) is 13.8 Å². The maximum atomic E-state index is 5.11. The monoisotopic (exact) mass is 140 g/mol. The van der Waals surface area contributed by atoms with Crippen LogP contribution in [0.4, 0.5) is 0 Å². The Hall–Kier alpha value is -0.990. The molecule has 10 heavy (non-hydrogen) atoms. The predicted octanol–water partition coefficient (Wildman–Crippen LogP) is 1.05. The van der Waals surface area contributed by atoms with Crippen molar-refractivity contribution >= 4 is 0 Å². The van der Waals surface area contributed by atoms with E-state index in [0.717, 1.165) is 17.1 Å². The highest BCUT2D eigenvalue weighted by molar-refractivity contribution is 5.31. The summed E-state index contributed by atoms with van der Waals surface area (Å²) in [5.41, 5.74) is 2.02. The molecule has 0 aliphatic heterocycles. The molecule has 0 aromatic carbocycles. The second-order valence-corrected chi connectivity index (χ2v) is 2.33. The molecule has 0 radical (unpaired) electrons. The molecule has 0 amide bonds. The molecule has 1 heterocycles. The quantitative estimate of drug-likeness (QED) is 0.583. The van der Waals surface area contributed by atoms with Gasteiger partial charge in [0.1, 0.15) is 5.69 Å². The van der Waals surface area contributed by atoms with Crippen molar-refractivity contribution in [2.45, 2.75) is 13.8 Å². The van der Waals surface area contributed by atoms with E-state index in [4.69, 9.17) is 4.74 Å². The van der Waals surface area contributed by atoms with E-state index in [0.29, 0.717) is 0 Å². The van der Waals surface area contributed by atoms with E-state index in [2.05, 4.69) is 5.10 Å². The molecule has 0 fully saturated rings. The van der Waals surface area contributed by atoms with Gasteiger partial charge in [-0.15, -0.1) is 0 Å². The van der Waals surface area contributed by atoms with E-state index in [1.54, 1.807) is 7.11 Å². The van der Waals surface area contributed by atoms with Crippen LogP contribution in [0.2, 0.25) is 0 Å². The van der Waals surface area contributed by atoms with Gasteiger partial charge in [-0.25, -0.2) is 0 Å². The third-order valence-electron chi connectivity index (χ3n) is 1.65. The van der Waals surface area contributed by atoms with Crippen molar-refractivity contribution in [1.82, 2.24) is 9.78 Å². The van der Waals surface area contributed by atoms with Gasteiger partial charge in [0.25, 0.3) is 0 Å². The minimum Gasteiger partial charge on any atom is -0.493 e. The average molecular weight is 140 g/mol. The highest BCUT2D eigenvalue weighted by Crippen LogP contribution is 2.19. The normalized spacial score (nSPS) is 10.0. The fourth-order valence-corrected chi connectivity index (χ4v) is 1.05. The van der Waals surface area contributed by atoms with Crippen molar-refractivity contribution in [3.8, 4) is 5.75 Å². The van der Waals surface area contributed by atoms with E-state index in [1.165, 1.54) is 0 Å². The van der Waals surface area contributed by atoms with Gasteiger partial charge in [0, 0.05) is 7.05 Å². The molecule has 0 aliphatic carbocycles. The lowest BCUT2D eigenvalue weighted by molar-refractivity contribution is 0.408. The van der Waals surface area contributed by atoms with E-state index in [1.807, 2.05) is 25.6 Å². The molecule has 0 saturated heterocycles. The van der Waals surface area contributed by atoms with Crippen LogP contribution in [0.15, 0.2) is 0 Å². The molecule has 0 saturated carbocycles. The number of hydrogen-bond acceptors (Lipinski definition) is 2. The summed E-state index contributed by atoms with van der Waals surface area (Å²) in [6.45, 7) is 3.92. The topological polar surface area (TPSA) is 27.1 Å². The van der Waals surface area contributed by atoms with E-state index in [9.17, 15) is 0 Å². The number of methoxy groups -OCH3 is 1. The number of ether oxygens (including phenoxy) is 1. The maximum absolute atomic E-state index is 5.11. The van der Waals surface area contributed by atoms with Gasteiger partial charge in [0.15, 0.2) is 5.75 Å². The van der Waals surface area contributed by atoms with E-state index in [-0.39, 0.29) is 0 Å². The average Bonchev–Trinajstić information content (AvgIpc) is 2.09. The first kappa shape index (κ1) is 7.12. The molecule has 0 aliphatic rings. The Balaban J connectivity index is 3.20. The van der Waals surface area contributed by atoms with Crippen molar-refractivity contribution in [2.24, 2.45) is 7.05 Å². The van der Waals surface area contributed by atoms with Gasteiger partial charge in [0.2, 0.25) is 0 Å². The molecule has 0 atom stereocenters. The molecule has 3 heteroatoms. The number of nitrogens with zero attached hydrogens (tertiary/aromatic N) is 2. The Morgan fingerprint density at radius 3 is 2.20 bits per heavy atom. The molecule has 0 bridgehead atoms. The van der Waals surface area contributed by atoms with Crippen molar-refractivity contribution in [3.63, 3.8) is 0 Å².